The summed E-state index contributed by atoms with van der Waals surface area (Å²) < 4.78 is 32.2. The van der Waals surface area contributed by atoms with E-state index in [0.717, 1.165) is 15.8 Å². The molecule has 22 heteroatoms. The number of anilines is 3. The average Bonchev–Trinajstić information content (AvgIpc) is 3.77. The van der Waals surface area contributed by atoms with Crippen molar-refractivity contribution in [1.29, 1.82) is 0 Å². The van der Waals surface area contributed by atoms with Gasteiger partial charge in [-0.15, -0.1) is 5.10 Å². The van der Waals surface area contributed by atoms with Crippen molar-refractivity contribution in [2.75, 3.05) is 22.3 Å². The van der Waals surface area contributed by atoms with E-state index < -0.39 is 57.3 Å². The van der Waals surface area contributed by atoms with Gasteiger partial charge < -0.3 is 20.5 Å². The van der Waals surface area contributed by atoms with Crippen LogP contribution in [0.1, 0.15) is 36.8 Å². The molecule has 2 heterocycles. The van der Waals surface area contributed by atoms with Crippen molar-refractivity contribution in [3.05, 3.63) is 89.3 Å². The summed E-state index contributed by atoms with van der Waals surface area (Å²) >= 11 is 6.28. The number of hydrazine groups is 1. The number of carboxylic acid groups (broad SMARTS) is 1. The summed E-state index contributed by atoms with van der Waals surface area (Å²) in [4.78, 5) is 76.9. The van der Waals surface area contributed by atoms with E-state index in [0.29, 0.717) is 5.56 Å². The molecule has 0 aliphatic rings. The van der Waals surface area contributed by atoms with Gasteiger partial charge in [0, 0.05) is 28.2 Å². The zero-order valence-corrected chi connectivity index (χ0v) is 31.5. The molecule has 0 radical (unpaired) electrons. The van der Waals surface area contributed by atoms with E-state index in [9.17, 15) is 42.3 Å². The van der Waals surface area contributed by atoms with Gasteiger partial charge in [-0.05, 0) is 91.4 Å². The van der Waals surface area contributed by atoms with Crippen LogP contribution in [-0.4, -0.2) is 97.4 Å². The fourth-order valence-corrected chi connectivity index (χ4v) is 5.86. The molecule has 0 aliphatic carbocycles. The van der Waals surface area contributed by atoms with Crippen molar-refractivity contribution in [1.82, 2.24) is 34.5 Å². The predicted octanol–water partition coefficient (Wildman–Crippen LogP) is 3.44. The van der Waals surface area contributed by atoms with Gasteiger partial charge in [-0.1, -0.05) is 23.7 Å². The molecule has 56 heavy (non-hydrogen) atoms. The van der Waals surface area contributed by atoms with E-state index in [1.165, 1.54) is 77.7 Å². The molecule has 0 spiro atoms. The number of urea groups is 1. The maximum atomic E-state index is 14.3. The lowest BCUT2D eigenvalue weighted by Crippen LogP contribution is -2.52. The highest BCUT2D eigenvalue weighted by molar-refractivity contribution is 7.89. The summed E-state index contributed by atoms with van der Waals surface area (Å²) in [5.74, 6) is -3.43. The number of carbonyl (C=O) groups is 6. The molecule has 20 nitrogen and oxygen atoms in total. The molecule has 0 fully saturated rings. The number of carboxylic acids is 1. The fourth-order valence-electron chi connectivity index (χ4n) is 5.30. The molecule has 292 valence electrons. The van der Waals surface area contributed by atoms with Crippen molar-refractivity contribution in [3.8, 4) is 5.69 Å². The van der Waals surface area contributed by atoms with Gasteiger partial charge in [-0.2, -0.15) is 4.68 Å². The van der Waals surface area contributed by atoms with Gasteiger partial charge >= 0.3 is 24.0 Å². The second-order valence-corrected chi connectivity index (χ2v) is 15.2. The first kappa shape index (κ1) is 40.3. The van der Waals surface area contributed by atoms with Gasteiger partial charge in [-0.3, -0.25) is 19.8 Å². The summed E-state index contributed by atoms with van der Waals surface area (Å²) in [6.45, 7) is 4.87. The first-order valence-corrected chi connectivity index (χ1v) is 18.5. The molecule has 1 atom stereocenters. The number of halogens is 1. The van der Waals surface area contributed by atoms with Crippen molar-refractivity contribution in [2.45, 2.75) is 38.8 Å². The minimum atomic E-state index is -3.84. The van der Waals surface area contributed by atoms with Crippen molar-refractivity contribution in [2.24, 2.45) is 0 Å². The number of carbonyl (C=O) groups excluding carboxylic acids is 5. The number of hydrogen-bond donors (Lipinski definition) is 5. The predicted molar refractivity (Wildman–Crippen MR) is 201 cm³/mol. The Labute approximate surface area is 322 Å². The van der Waals surface area contributed by atoms with E-state index >= 15 is 0 Å². The number of fused-ring (bicyclic) bond motifs is 1. The molecule has 5 rings (SSSR count). The standard InChI is InChI=1S/C34H33ClN10O10S/c1-34(2,3)55-33(52)44-25-12-10-23(14-20(25)15-28(44)31(49)50)37-30(48)27(13-19-5-8-22(9-6-19)38-32(51)40-56(4,53)54)45(29(47)17-46)39-24-16-21(35)7-11-26(24)43-18-36-41-42-43/h5-12,14-18,27,39H,13H2,1-4H3,(H,37,48)(H,49,50)(H2,38,40,51). The van der Waals surface area contributed by atoms with Crippen LogP contribution in [0.3, 0.4) is 0 Å². The van der Waals surface area contributed by atoms with E-state index in [1.54, 1.807) is 25.5 Å². The quantitative estimate of drug-likeness (QED) is 0.0687. The first-order chi connectivity index (χ1) is 26.3. The number of tetrazole rings is 1. The maximum absolute atomic E-state index is 14.3. The summed E-state index contributed by atoms with van der Waals surface area (Å²) in [6.07, 6.45) is 0.867. The summed E-state index contributed by atoms with van der Waals surface area (Å²) in [7, 11) is -3.84. The Morgan fingerprint density at radius 2 is 1.68 bits per heavy atom. The Balaban J connectivity index is 1.53. The highest BCUT2D eigenvalue weighted by atomic mass is 35.5. The van der Waals surface area contributed by atoms with Crippen LogP contribution in [0.25, 0.3) is 16.6 Å². The SMILES string of the molecule is CC(C)(C)OC(=O)n1c(C(=O)O)cc2cc(NC(=O)C(Cc3ccc(NC(=O)NS(C)(=O)=O)cc3)N(Nc3cc(Cl)ccc3-n3cnnn3)C(=O)C=O)ccc21. The first-order valence-electron chi connectivity index (χ1n) is 16.2. The number of rotatable bonds is 12. The molecular weight excluding hydrogens is 776 g/mol. The summed E-state index contributed by atoms with van der Waals surface area (Å²) in [6, 6.07) is 13.2. The normalized spacial score (nSPS) is 11.9. The van der Waals surface area contributed by atoms with Crippen LogP contribution in [0.15, 0.2) is 73.1 Å². The van der Waals surface area contributed by atoms with Crippen LogP contribution < -0.4 is 20.8 Å². The molecule has 0 saturated heterocycles. The fraction of sp³-hybridized carbons (Fsp3) is 0.206. The average molecular weight is 809 g/mol. The molecule has 0 saturated carbocycles. The number of amides is 4. The Hall–Kier alpha value is -6.87. The van der Waals surface area contributed by atoms with Crippen molar-refractivity contribution in [3.63, 3.8) is 0 Å². The Morgan fingerprint density at radius 1 is 0.982 bits per heavy atom. The van der Waals surface area contributed by atoms with E-state index in [1.807, 2.05) is 0 Å². The molecule has 5 N–H and O–H groups in total. The highest BCUT2D eigenvalue weighted by Crippen LogP contribution is 2.28. The third-order valence-corrected chi connectivity index (χ3v) is 8.32. The van der Waals surface area contributed by atoms with Gasteiger partial charge in [0.1, 0.15) is 23.7 Å². The Kier molecular flexibility index (Phi) is 11.7. The van der Waals surface area contributed by atoms with Crippen LogP contribution >= 0.6 is 11.6 Å². The van der Waals surface area contributed by atoms with Crippen LogP contribution in [0.5, 0.6) is 0 Å². The number of aromatic carboxylic acids is 1. The largest absolute Gasteiger partial charge is 0.477 e. The van der Waals surface area contributed by atoms with E-state index in [4.69, 9.17) is 16.3 Å². The number of nitrogens with one attached hydrogen (secondary N) is 4. The topological polar surface area (TPSA) is 266 Å². The molecular formula is C34H33ClN10O10S. The third kappa shape index (κ3) is 10.0. The lowest BCUT2D eigenvalue weighted by Gasteiger charge is -2.31. The molecule has 0 bridgehead atoms. The van der Waals surface area contributed by atoms with Gasteiger partial charge in [0.15, 0.2) is 0 Å². The smallest absolute Gasteiger partial charge is 0.419 e. The van der Waals surface area contributed by atoms with Gasteiger partial charge in [0.2, 0.25) is 22.2 Å². The van der Waals surface area contributed by atoms with Gasteiger partial charge in [0.25, 0.3) is 0 Å². The molecule has 2 aromatic heterocycles. The van der Waals surface area contributed by atoms with Crippen LogP contribution in [0.4, 0.5) is 26.7 Å². The monoisotopic (exact) mass is 808 g/mol. The number of aromatic nitrogens is 5. The highest BCUT2D eigenvalue weighted by Gasteiger charge is 2.32. The zero-order valence-electron chi connectivity index (χ0n) is 29.9. The molecule has 5 aromatic rings. The number of nitrogens with zero attached hydrogens (tertiary/aromatic N) is 6. The Morgan fingerprint density at radius 3 is 2.29 bits per heavy atom. The maximum Gasteiger partial charge on any atom is 0.419 e. The zero-order chi connectivity index (χ0) is 40.9. The summed E-state index contributed by atoms with van der Waals surface area (Å²) in [5, 5.41) is 27.2. The number of hydrogen-bond acceptors (Lipinski definition) is 13. The van der Waals surface area contributed by atoms with Crippen molar-refractivity contribution >= 4 is 85.8 Å². The number of aldehydes is 1. The van der Waals surface area contributed by atoms with Gasteiger partial charge in [0.05, 0.1) is 23.1 Å². The number of sulfonamides is 1. The minimum Gasteiger partial charge on any atom is -0.477 e. The number of benzene rings is 3. The van der Waals surface area contributed by atoms with E-state index in [2.05, 4.69) is 31.6 Å². The van der Waals surface area contributed by atoms with E-state index in [-0.39, 0.29) is 51.4 Å². The second kappa shape index (κ2) is 16.2. The Bertz CT molecular complexity index is 2450. The van der Waals surface area contributed by atoms with Crippen molar-refractivity contribution < 1.29 is 47.0 Å². The molecule has 1 unspecified atom stereocenters. The summed E-state index contributed by atoms with van der Waals surface area (Å²) in [5.41, 5.74) is 2.75. The molecule has 0 aliphatic heterocycles. The van der Waals surface area contributed by atoms with Crippen LogP contribution in [0, 0.1) is 0 Å². The lowest BCUT2D eigenvalue weighted by molar-refractivity contribution is -0.141. The van der Waals surface area contributed by atoms with Gasteiger partial charge in [-0.25, -0.2) is 37.1 Å². The molecule has 4 amide bonds. The van der Waals surface area contributed by atoms with Crippen LogP contribution in [0.2, 0.25) is 5.02 Å². The van der Waals surface area contributed by atoms with Crippen LogP contribution in [-0.2, 0) is 35.6 Å². The third-order valence-electron chi connectivity index (χ3n) is 7.53. The number of ether oxygens (including phenoxy) is 1. The minimum absolute atomic E-state index is 0.0131. The molecule has 3 aromatic carbocycles. The lowest BCUT2D eigenvalue weighted by atomic mass is 10.0. The second-order valence-electron chi connectivity index (χ2n) is 13.0.